The molecule has 0 heterocycles. The Kier molecular flexibility index (Phi) is 6.64. The maximum Gasteiger partial charge on any atom is 0.313 e. The molecule has 0 fully saturated rings. The zero-order chi connectivity index (χ0) is 18.4. The van der Waals surface area contributed by atoms with Crippen LogP contribution in [0.15, 0.2) is 42.5 Å². The summed E-state index contributed by atoms with van der Waals surface area (Å²) in [4.78, 5) is 35.3. The number of rotatable bonds is 4. The predicted molar refractivity (Wildman–Crippen MR) is 98.2 cm³/mol. The molecule has 0 unspecified atom stereocenters. The molecule has 0 bridgehead atoms. The molecule has 0 aromatic heterocycles. The first-order valence-electron chi connectivity index (χ1n) is 6.94. The summed E-state index contributed by atoms with van der Waals surface area (Å²) in [7, 11) is 0. The van der Waals surface area contributed by atoms with Crippen LogP contribution >= 0.6 is 34.8 Å². The lowest BCUT2D eigenvalue weighted by atomic mass is 10.3. The second kappa shape index (κ2) is 8.71. The van der Waals surface area contributed by atoms with Gasteiger partial charge >= 0.3 is 11.8 Å². The molecular weight excluding hydrogens is 389 g/mol. The Bertz CT molecular complexity index is 807. The molecule has 9 heteroatoms. The highest BCUT2D eigenvalue weighted by Crippen LogP contribution is 2.22. The second-order valence-corrected chi connectivity index (χ2v) is 6.16. The van der Waals surface area contributed by atoms with Gasteiger partial charge in [0, 0.05) is 26.4 Å². The van der Waals surface area contributed by atoms with E-state index in [9.17, 15) is 14.4 Å². The largest absolute Gasteiger partial charge is 0.339 e. The van der Waals surface area contributed by atoms with Crippen molar-refractivity contribution in [2.75, 3.05) is 17.2 Å². The SMILES string of the molecule is O=C(CNC(=O)C(=O)Nc1cc(Cl)cc(Cl)c1)Nc1cccc(Cl)c1. The highest BCUT2D eigenvalue weighted by molar-refractivity contribution is 6.40. The van der Waals surface area contributed by atoms with Crippen LogP contribution in [0.1, 0.15) is 0 Å². The predicted octanol–water partition coefficient (Wildman–Crippen LogP) is 3.34. The number of anilines is 2. The molecule has 0 saturated carbocycles. The molecule has 0 atom stereocenters. The molecule has 2 rings (SSSR count). The van der Waals surface area contributed by atoms with Gasteiger partial charge < -0.3 is 16.0 Å². The van der Waals surface area contributed by atoms with E-state index in [0.717, 1.165) is 0 Å². The number of carbonyl (C=O) groups excluding carboxylic acids is 3. The van der Waals surface area contributed by atoms with E-state index in [1.807, 2.05) is 0 Å². The summed E-state index contributed by atoms with van der Waals surface area (Å²) in [5.74, 6) is -2.43. The minimum atomic E-state index is -0.975. The van der Waals surface area contributed by atoms with Gasteiger partial charge in [-0.15, -0.1) is 0 Å². The van der Waals surface area contributed by atoms with Crippen LogP contribution in [0.4, 0.5) is 11.4 Å². The Hall–Kier alpha value is -2.28. The minimum absolute atomic E-state index is 0.265. The van der Waals surface area contributed by atoms with Crippen LogP contribution in [0.3, 0.4) is 0 Å². The van der Waals surface area contributed by atoms with Crippen molar-refractivity contribution >= 4 is 63.9 Å². The van der Waals surface area contributed by atoms with Crippen LogP contribution in [0.25, 0.3) is 0 Å². The third kappa shape index (κ3) is 6.26. The Morgan fingerprint density at radius 1 is 0.760 bits per heavy atom. The molecular formula is C16H12Cl3N3O3. The number of hydrogen-bond acceptors (Lipinski definition) is 3. The van der Waals surface area contributed by atoms with E-state index in [2.05, 4.69) is 16.0 Å². The summed E-state index contributed by atoms with van der Waals surface area (Å²) in [5, 5.41) is 8.16. The monoisotopic (exact) mass is 399 g/mol. The Balaban J connectivity index is 1.84. The lowest BCUT2D eigenvalue weighted by Crippen LogP contribution is -2.39. The zero-order valence-corrected chi connectivity index (χ0v) is 14.9. The average molecular weight is 401 g/mol. The van der Waals surface area contributed by atoms with Crippen molar-refractivity contribution in [1.29, 1.82) is 0 Å². The first kappa shape index (κ1) is 19.1. The topological polar surface area (TPSA) is 87.3 Å². The molecule has 0 spiro atoms. The molecule has 0 aliphatic heterocycles. The lowest BCUT2D eigenvalue weighted by molar-refractivity contribution is -0.136. The van der Waals surface area contributed by atoms with E-state index in [1.165, 1.54) is 18.2 Å². The van der Waals surface area contributed by atoms with Crippen molar-refractivity contribution in [3.63, 3.8) is 0 Å². The summed E-state index contributed by atoms with van der Waals surface area (Å²) < 4.78 is 0. The normalized spacial score (nSPS) is 10.0. The van der Waals surface area contributed by atoms with Crippen LogP contribution in [0.5, 0.6) is 0 Å². The van der Waals surface area contributed by atoms with E-state index < -0.39 is 17.7 Å². The fourth-order valence-electron chi connectivity index (χ4n) is 1.83. The van der Waals surface area contributed by atoms with Gasteiger partial charge in [-0.2, -0.15) is 0 Å². The van der Waals surface area contributed by atoms with Gasteiger partial charge in [-0.3, -0.25) is 14.4 Å². The van der Waals surface area contributed by atoms with Crippen LogP contribution in [-0.4, -0.2) is 24.3 Å². The van der Waals surface area contributed by atoms with Crippen LogP contribution in [0.2, 0.25) is 15.1 Å². The van der Waals surface area contributed by atoms with Gasteiger partial charge in [-0.25, -0.2) is 0 Å². The Morgan fingerprint density at radius 3 is 2.04 bits per heavy atom. The molecule has 3 amide bonds. The highest BCUT2D eigenvalue weighted by Gasteiger charge is 2.15. The molecule has 6 nitrogen and oxygen atoms in total. The van der Waals surface area contributed by atoms with Gasteiger partial charge in [0.2, 0.25) is 5.91 Å². The molecule has 25 heavy (non-hydrogen) atoms. The van der Waals surface area contributed by atoms with Crippen LogP contribution in [0, 0.1) is 0 Å². The summed E-state index contributed by atoms with van der Waals surface area (Å²) >= 11 is 17.4. The van der Waals surface area contributed by atoms with Crippen molar-refractivity contribution in [3.05, 3.63) is 57.5 Å². The van der Waals surface area contributed by atoms with Crippen molar-refractivity contribution in [2.24, 2.45) is 0 Å². The quantitative estimate of drug-likeness (QED) is 0.688. The third-order valence-corrected chi connectivity index (χ3v) is 3.52. The fraction of sp³-hybridized carbons (Fsp3) is 0.0625. The molecule has 0 saturated heterocycles. The third-order valence-electron chi connectivity index (χ3n) is 2.84. The smallest absolute Gasteiger partial charge is 0.313 e. The summed E-state index contributed by atoms with van der Waals surface area (Å²) in [6, 6.07) is 10.9. The van der Waals surface area contributed by atoms with Crippen molar-refractivity contribution < 1.29 is 14.4 Å². The summed E-state index contributed by atoms with van der Waals surface area (Å²) in [6.45, 7) is -0.380. The van der Waals surface area contributed by atoms with Crippen molar-refractivity contribution in [1.82, 2.24) is 5.32 Å². The van der Waals surface area contributed by atoms with Gasteiger partial charge in [0.25, 0.3) is 0 Å². The summed E-state index contributed by atoms with van der Waals surface area (Å²) in [6.07, 6.45) is 0. The van der Waals surface area contributed by atoms with Crippen molar-refractivity contribution in [3.8, 4) is 0 Å². The lowest BCUT2D eigenvalue weighted by Gasteiger charge is -2.08. The first-order chi connectivity index (χ1) is 11.8. The molecule has 2 aromatic carbocycles. The van der Waals surface area contributed by atoms with Gasteiger partial charge in [-0.05, 0) is 36.4 Å². The molecule has 0 aliphatic carbocycles. The number of hydrogen-bond donors (Lipinski definition) is 3. The maximum atomic E-state index is 11.8. The number of benzene rings is 2. The Labute approximate surface area is 158 Å². The standard InChI is InChI=1S/C16H12Cl3N3O3/c17-9-2-1-3-12(5-9)21-14(23)8-20-15(24)16(25)22-13-6-10(18)4-11(19)7-13/h1-7H,8H2,(H,20,24)(H,21,23)(H,22,25). The van der Waals surface area contributed by atoms with E-state index in [-0.39, 0.29) is 12.2 Å². The zero-order valence-electron chi connectivity index (χ0n) is 12.6. The molecule has 0 radical (unpaired) electrons. The van der Waals surface area contributed by atoms with Crippen LogP contribution < -0.4 is 16.0 Å². The number of halogens is 3. The minimum Gasteiger partial charge on any atom is -0.339 e. The Morgan fingerprint density at radius 2 is 1.40 bits per heavy atom. The van der Waals surface area contributed by atoms with Gasteiger partial charge in [0.1, 0.15) is 0 Å². The fourth-order valence-corrected chi connectivity index (χ4v) is 2.54. The highest BCUT2D eigenvalue weighted by atomic mass is 35.5. The van der Waals surface area contributed by atoms with E-state index in [4.69, 9.17) is 34.8 Å². The summed E-state index contributed by atoms with van der Waals surface area (Å²) in [5.41, 5.74) is 0.741. The van der Waals surface area contributed by atoms with Crippen LogP contribution in [-0.2, 0) is 14.4 Å². The average Bonchev–Trinajstić information content (AvgIpc) is 2.51. The maximum absolute atomic E-state index is 11.8. The number of carbonyl (C=O) groups is 3. The van der Waals surface area contributed by atoms with E-state index in [1.54, 1.807) is 24.3 Å². The molecule has 130 valence electrons. The van der Waals surface area contributed by atoms with E-state index >= 15 is 0 Å². The molecule has 3 N–H and O–H groups in total. The molecule has 0 aliphatic rings. The second-order valence-electron chi connectivity index (χ2n) is 4.85. The van der Waals surface area contributed by atoms with Crippen molar-refractivity contribution in [2.45, 2.75) is 0 Å². The van der Waals surface area contributed by atoms with E-state index in [0.29, 0.717) is 20.8 Å². The van der Waals surface area contributed by atoms with Gasteiger partial charge in [0.15, 0.2) is 0 Å². The number of nitrogens with one attached hydrogen (secondary N) is 3. The first-order valence-corrected chi connectivity index (χ1v) is 8.07. The van der Waals surface area contributed by atoms with Gasteiger partial charge in [-0.1, -0.05) is 40.9 Å². The molecule has 2 aromatic rings. The van der Waals surface area contributed by atoms with Gasteiger partial charge in [0.05, 0.1) is 6.54 Å². The number of amides is 3.